The number of aryl methyl sites for hydroxylation is 1. The highest BCUT2D eigenvalue weighted by molar-refractivity contribution is 9.10. The summed E-state index contributed by atoms with van der Waals surface area (Å²) >= 11 is 9.68. The second-order valence-electron chi connectivity index (χ2n) is 3.68. The molecule has 0 saturated carbocycles. The van der Waals surface area contributed by atoms with E-state index in [9.17, 15) is 0 Å². The predicted molar refractivity (Wildman–Crippen MR) is 74.0 cm³/mol. The summed E-state index contributed by atoms with van der Waals surface area (Å²) in [5, 5.41) is 0.788. The van der Waals surface area contributed by atoms with Crippen LogP contribution in [0.5, 0.6) is 0 Å². The van der Waals surface area contributed by atoms with Crippen LogP contribution in [0.2, 0.25) is 5.02 Å². The van der Waals surface area contributed by atoms with E-state index in [4.69, 9.17) is 11.6 Å². The van der Waals surface area contributed by atoms with E-state index in [0.29, 0.717) is 0 Å². The molecule has 0 aliphatic carbocycles. The highest BCUT2D eigenvalue weighted by atomic mass is 79.9. The smallest absolute Gasteiger partial charge is 0.0485 e. The Hall–Kier alpha value is -0.790. The second kappa shape index (κ2) is 5.03. The summed E-state index contributed by atoms with van der Waals surface area (Å²) in [5.74, 6) is 0. The first-order chi connectivity index (χ1) is 7.70. The molecular formula is C14H12BrCl. The Morgan fingerprint density at radius 1 is 1.12 bits per heavy atom. The van der Waals surface area contributed by atoms with Gasteiger partial charge < -0.3 is 0 Å². The van der Waals surface area contributed by atoms with Crippen LogP contribution in [-0.2, 0) is 6.42 Å². The van der Waals surface area contributed by atoms with Crippen LogP contribution in [0.3, 0.4) is 0 Å². The molecule has 0 heterocycles. The van der Waals surface area contributed by atoms with E-state index in [1.54, 1.807) is 0 Å². The monoisotopic (exact) mass is 294 g/mol. The SMILES string of the molecule is CCc1cccc(-c2cc(Br)ccc2Cl)c1. The molecule has 82 valence electrons. The summed E-state index contributed by atoms with van der Waals surface area (Å²) in [4.78, 5) is 0. The minimum absolute atomic E-state index is 0.788. The molecular weight excluding hydrogens is 284 g/mol. The lowest BCUT2D eigenvalue weighted by Gasteiger charge is -2.07. The lowest BCUT2D eigenvalue weighted by Crippen LogP contribution is -1.84. The molecule has 0 saturated heterocycles. The zero-order chi connectivity index (χ0) is 11.5. The predicted octanol–water partition coefficient (Wildman–Crippen LogP) is 5.33. The molecule has 0 unspecified atom stereocenters. The molecule has 0 bridgehead atoms. The first-order valence-electron chi connectivity index (χ1n) is 5.25. The molecule has 0 amide bonds. The van der Waals surface area contributed by atoms with Crippen LogP contribution in [0.15, 0.2) is 46.9 Å². The van der Waals surface area contributed by atoms with Crippen molar-refractivity contribution in [2.24, 2.45) is 0 Å². The maximum absolute atomic E-state index is 6.21. The van der Waals surface area contributed by atoms with Crippen molar-refractivity contribution in [3.05, 3.63) is 57.5 Å². The summed E-state index contributed by atoms with van der Waals surface area (Å²) in [6.45, 7) is 2.15. The molecule has 0 N–H and O–H groups in total. The van der Waals surface area contributed by atoms with Gasteiger partial charge in [0.25, 0.3) is 0 Å². The van der Waals surface area contributed by atoms with E-state index in [-0.39, 0.29) is 0 Å². The van der Waals surface area contributed by atoms with E-state index >= 15 is 0 Å². The summed E-state index contributed by atoms with van der Waals surface area (Å²) < 4.78 is 1.05. The van der Waals surface area contributed by atoms with Gasteiger partial charge in [0.1, 0.15) is 0 Å². The lowest BCUT2D eigenvalue weighted by atomic mass is 10.0. The van der Waals surface area contributed by atoms with Gasteiger partial charge >= 0.3 is 0 Å². The first kappa shape index (κ1) is 11.7. The fourth-order valence-corrected chi connectivity index (χ4v) is 2.27. The molecule has 0 aliphatic rings. The van der Waals surface area contributed by atoms with Crippen LogP contribution in [0.1, 0.15) is 12.5 Å². The first-order valence-corrected chi connectivity index (χ1v) is 6.42. The van der Waals surface area contributed by atoms with E-state index in [0.717, 1.165) is 21.5 Å². The van der Waals surface area contributed by atoms with Gasteiger partial charge in [-0.25, -0.2) is 0 Å². The van der Waals surface area contributed by atoms with E-state index in [1.165, 1.54) is 11.1 Å². The van der Waals surface area contributed by atoms with E-state index in [2.05, 4.69) is 53.2 Å². The van der Waals surface area contributed by atoms with E-state index in [1.807, 2.05) is 12.1 Å². The Kier molecular flexibility index (Phi) is 3.67. The summed E-state index contributed by atoms with van der Waals surface area (Å²) in [7, 11) is 0. The van der Waals surface area contributed by atoms with Gasteiger partial charge in [-0.05, 0) is 35.7 Å². The van der Waals surface area contributed by atoms with Crippen LogP contribution in [0.25, 0.3) is 11.1 Å². The van der Waals surface area contributed by atoms with Crippen LogP contribution in [-0.4, -0.2) is 0 Å². The maximum Gasteiger partial charge on any atom is 0.0485 e. The van der Waals surface area contributed by atoms with Crippen molar-refractivity contribution >= 4 is 27.5 Å². The summed E-state index contributed by atoms with van der Waals surface area (Å²) in [6, 6.07) is 14.4. The maximum atomic E-state index is 6.21. The number of benzene rings is 2. The van der Waals surface area contributed by atoms with Crippen molar-refractivity contribution in [1.82, 2.24) is 0 Å². The standard InChI is InChI=1S/C14H12BrCl/c1-2-10-4-3-5-11(8-10)13-9-12(15)6-7-14(13)16/h3-9H,2H2,1H3. The molecule has 2 aromatic rings. The van der Waals surface area contributed by atoms with Gasteiger partial charge in [-0.1, -0.05) is 58.7 Å². The number of hydrogen-bond acceptors (Lipinski definition) is 0. The molecule has 0 atom stereocenters. The zero-order valence-corrected chi connectivity index (χ0v) is 11.3. The molecule has 0 radical (unpaired) electrons. The Labute approximate surface area is 109 Å². The summed E-state index contributed by atoms with van der Waals surface area (Å²) in [6.07, 6.45) is 1.04. The molecule has 16 heavy (non-hydrogen) atoms. The minimum Gasteiger partial charge on any atom is -0.0837 e. The Balaban J connectivity index is 2.53. The van der Waals surface area contributed by atoms with Gasteiger partial charge in [0.2, 0.25) is 0 Å². The van der Waals surface area contributed by atoms with Gasteiger partial charge in [-0.15, -0.1) is 0 Å². The number of rotatable bonds is 2. The van der Waals surface area contributed by atoms with Crippen molar-refractivity contribution in [1.29, 1.82) is 0 Å². The van der Waals surface area contributed by atoms with Crippen molar-refractivity contribution in [3.8, 4) is 11.1 Å². The third-order valence-electron chi connectivity index (χ3n) is 2.57. The Morgan fingerprint density at radius 3 is 2.69 bits per heavy atom. The molecule has 0 fully saturated rings. The van der Waals surface area contributed by atoms with E-state index < -0.39 is 0 Å². The van der Waals surface area contributed by atoms with Crippen LogP contribution in [0.4, 0.5) is 0 Å². The van der Waals surface area contributed by atoms with Crippen LogP contribution < -0.4 is 0 Å². The van der Waals surface area contributed by atoms with Gasteiger partial charge in [-0.2, -0.15) is 0 Å². The molecule has 0 nitrogen and oxygen atoms in total. The second-order valence-corrected chi connectivity index (χ2v) is 5.00. The molecule has 2 aromatic carbocycles. The molecule has 0 aliphatic heterocycles. The number of hydrogen-bond donors (Lipinski definition) is 0. The van der Waals surface area contributed by atoms with Crippen LogP contribution in [0, 0.1) is 0 Å². The number of halogens is 2. The molecule has 2 heteroatoms. The van der Waals surface area contributed by atoms with Crippen molar-refractivity contribution in [3.63, 3.8) is 0 Å². The normalized spacial score (nSPS) is 10.4. The van der Waals surface area contributed by atoms with Crippen molar-refractivity contribution < 1.29 is 0 Å². The third kappa shape index (κ3) is 2.47. The average molecular weight is 296 g/mol. The van der Waals surface area contributed by atoms with Gasteiger partial charge in [0.15, 0.2) is 0 Å². The van der Waals surface area contributed by atoms with Gasteiger partial charge in [0.05, 0.1) is 0 Å². The highest BCUT2D eigenvalue weighted by Crippen LogP contribution is 2.31. The summed E-state index contributed by atoms with van der Waals surface area (Å²) in [5.41, 5.74) is 3.57. The van der Waals surface area contributed by atoms with Crippen molar-refractivity contribution in [2.45, 2.75) is 13.3 Å². The Bertz CT molecular complexity index is 506. The quantitative estimate of drug-likeness (QED) is 0.702. The zero-order valence-electron chi connectivity index (χ0n) is 9.00. The topological polar surface area (TPSA) is 0 Å². The largest absolute Gasteiger partial charge is 0.0837 e. The molecule has 2 rings (SSSR count). The fourth-order valence-electron chi connectivity index (χ4n) is 1.68. The Morgan fingerprint density at radius 2 is 1.94 bits per heavy atom. The minimum atomic E-state index is 0.788. The fraction of sp³-hybridized carbons (Fsp3) is 0.143. The molecule has 0 spiro atoms. The van der Waals surface area contributed by atoms with Gasteiger partial charge in [-0.3, -0.25) is 0 Å². The van der Waals surface area contributed by atoms with Crippen LogP contribution >= 0.6 is 27.5 Å². The van der Waals surface area contributed by atoms with Crippen molar-refractivity contribution in [2.75, 3.05) is 0 Å². The lowest BCUT2D eigenvalue weighted by molar-refractivity contribution is 1.14. The average Bonchev–Trinajstić information content (AvgIpc) is 2.32. The van der Waals surface area contributed by atoms with Gasteiger partial charge in [0, 0.05) is 15.1 Å². The third-order valence-corrected chi connectivity index (χ3v) is 3.40. The highest BCUT2D eigenvalue weighted by Gasteiger charge is 2.04. The molecule has 0 aromatic heterocycles.